The second kappa shape index (κ2) is 7.03. The average Bonchev–Trinajstić information content (AvgIpc) is 2.97. The first-order valence-corrected chi connectivity index (χ1v) is 10.1. The zero-order valence-corrected chi connectivity index (χ0v) is 15.0. The summed E-state index contributed by atoms with van der Waals surface area (Å²) in [5, 5.41) is 15.8. The number of benzene rings is 1. The quantitative estimate of drug-likeness (QED) is 0.787. The number of nitrogens with zero attached hydrogens (tertiary/aromatic N) is 3. The van der Waals surface area contributed by atoms with Gasteiger partial charge in [-0.25, -0.2) is 9.67 Å². The molecule has 3 atom stereocenters. The summed E-state index contributed by atoms with van der Waals surface area (Å²) in [5.74, 6) is 1.77. The van der Waals surface area contributed by atoms with Crippen molar-refractivity contribution in [3.63, 3.8) is 0 Å². The van der Waals surface area contributed by atoms with Crippen LogP contribution in [0.4, 0.5) is 0 Å². The Kier molecular flexibility index (Phi) is 5.22. The van der Waals surface area contributed by atoms with Gasteiger partial charge in [0.2, 0.25) is 0 Å². The number of hydrogen-bond donors (Lipinski definition) is 1. The summed E-state index contributed by atoms with van der Waals surface area (Å²) in [5.41, 5.74) is -0.617. The molecule has 1 aliphatic rings. The Morgan fingerprint density at radius 2 is 2.17 bits per heavy atom. The first-order valence-electron chi connectivity index (χ1n) is 7.28. The topological polar surface area (TPSA) is 74.0 Å². The van der Waals surface area contributed by atoms with Crippen LogP contribution in [0.1, 0.15) is 12.5 Å². The van der Waals surface area contributed by atoms with Crippen molar-refractivity contribution in [1.29, 1.82) is 0 Å². The molecule has 3 unspecified atom stereocenters. The predicted molar refractivity (Wildman–Crippen MR) is 94.1 cm³/mol. The van der Waals surface area contributed by atoms with E-state index in [1.807, 2.05) is 6.92 Å². The molecule has 1 N–H and O–H groups in total. The van der Waals surface area contributed by atoms with E-state index in [0.717, 1.165) is 11.5 Å². The molecule has 1 fully saturated rings. The highest BCUT2D eigenvalue weighted by atomic mass is 35.5. The highest BCUT2D eigenvalue weighted by Gasteiger charge is 2.47. The molecule has 1 aromatic carbocycles. The average molecular weight is 372 g/mol. The minimum absolute atomic E-state index is 0.143. The van der Waals surface area contributed by atoms with E-state index >= 15 is 0 Å². The van der Waals surface area contributed by atoms with E-state index in [9.17, 15) is 9.66 Å². The predicted octanol–water partition coefficient (Wildman–Crippen LogP) is 2.07. The van der Waals surface area contributed by atoms with Crippen molar-refractivity contribution >= 4 is 34.5 Å². The van der Waals surface area contributed by atoms with Gasteiger partial charge >= 0.3 is 0 Å². The largest absolute Gasteiger partial charge is 0.616 e. The van der Waals surface area contributed by atoms with Gasteiger partial charge in [0.15, 0.2) is 5.60 Å². The fourth-order valence-corrected chi connectivity index (χ4v) is 5.96. The van der Waals surface area contributed by atoms with Crippen LogP contribution in [0, 0.1) is 0 Å². The van der Waals surface area contributed by atoms with Gasteiger partial charge in [0.1, 0.15) is 23.2 Å². The Hall–Kier alpha value is -0.730. The molecule has 3 rings (SSSR count). The molecule has 0 amide bonds. The first kappa shape index (κ1) is 17.1. The molecule has 0 radical (unpaired) electrons. The van der Waals surface area contributed by atoms with E-state index in [0.29, 0.717) is 10.6 Å². The molecule has 1 aliphatic heterocycles. The van der Waals surface area contributed by atoms with Gasteiger partial charge in [-0.05, 0) is 35.8 Å². The summed E-state index contributed by atoms with van der Waals surface area (Å²) < 4.78 is 14.4. The summed E-state index contributed by atoms with van der Waals surface area (Å²) in [6, 6.07) is 7.03. The minimum Gasteiger partial charge on any atom is -0.616 e. The Labute approximate surface area is 147 Å². The van der Waals surface area contributed by atoms with Crippen LogP contribution in [0.15, 0.2) is 36.9 Å². The molecule has 0 spiro atoms. The Balaban J connectivity index is 1.92. The van der Waals surface area contributed by atoms with Crippen molar-refractivity contribution in [1.82, 2.24) is 14.8 Å². The van der Waals surface area contributed by atoms with E-state index in [1.54, 1.807) is 47.0 Å². The normalized spacial score (nSPS) is 20.5. The van der Waals surface area contributed by atoms with Crippen LogP contribution in [0.25, 0.3) is 0 Å². The molecule has 1 aromatic heterocycles. The third kappa shape index (κ3) is 3.53. The third-order valence-electron chi connectivity index (χ3n) is 4.17. The summed E-state index contributed by atoms with van der Waals surface area (Å²) in [6.07, 6.45) is 2.97. The van der Waals surface area contributed by atoms with Gasteiger partial charge in [-0.2, -0.15) is 16.9 Å². The van der Waals surface area contributed by atoms with E-state index in [2.05, 4.69) is 10.1 Å². The van der Waals surface area contributed by atoms with E-state index in [4.69, 9.17) is 11.6 Å². The second-order valence-corrected chi connectivity index (χ2v) is 9.20. The van der Waals surface area contributed by atoms with Gasteiger partial charge in [0.25, 0.3) is 0 Å². The van der Waals surface area contributed by atoms with Crippen molar-refractivity contribution in [2.45, 2.75) is 29.6 Å². The monoisotopic (exact) mass is 371 g/mol. The molecule has 5 nitrogen and oxygen atoms in total. The molecular weight excluding hydrogens is 354 g/mol. The van der Waals surface area contributed by atoms with Gasteiger partial charge in [-0.15, -0.1) is 0 Å². The molecule has 23 heavy (non-hydrogen) atoms. The summed E-state index contributed by atoms with van der Waals surface area (Å²) in [7, 11) is 0. The standard InChI is InChI=1S/C15H18ClN3O2S2/c1-11(23(21)14-6-22-7-14)15(20,8-19-10-17-9-18-19)12-2-4-13(16)5-3-12/h2-5,9-11,14,20H,6-8H2,1H3. The fourth-order valence-electron chi connectivity index (χ4n) is 2.58. The van der Waals surface area contributed by atoms with Crippen molar-refractivity contribution in [2.24, 2.45) is 0 Å². The number of halogens is 1. The Bertz CT molecular complexity index is 637. The summed E-state index contributed by atoms with van der Waals surface area (Å²) in [6.45, 7) is 2.03. The highest BCUT2D eigenvalue weighted by Crippen LogP contribution is 2.37. The van der Waals surface area contributed by atoms with E-state index in [-0.39, 0.29) is 11.8 Å². The van der Waals surface area contributed by atoms with Crippen LogP contribution in [-0.4, -0.2) is 46.4 Å². The van der Waals surface area contributed by atoms with Gasteiger partial charge in [0.05, 0.1) is 6.54 Å². The van der Waals surface area contributed by atoms with Gasteiger partial charge in [0, 0.05) is 16.5 Å². The Morgan fingerprint density at radius 1 is 1.48 bits per heavy atom. The molecular formula is C15H18ClN3O2S2. The number of thioether (sulfide) groups is 1. The van der Waals surface area contributed by atoms with E-state index < -0.39 is 22.0 Å². The zero-order chi connectivity index (χ0) is 16.4. The van der Waals surface area contributed by atoms with Crippen LogP contribution < -0.4 is 0 Å². The lowest BCUT2D eigenvalue weighted by Gasteiger charge is -2.39. The Morgan fingerprint density at radius 3 is 2.70 bits per heavy atom. The van der Waals surface area contributed by atoms with Crippen molar-refractivity contribution in [3.8, 4) is 0 Å². The molecule has 8 heteroatoms. The molecule has 2 heterocycles. The number of aromatic nitrogens is 3. The minimum atomic E-state index is -1.30. The molecule has 0 aliphatic carbocycles. The van der Waals surface area contributed by atoms with E-state index in [1.165, 1.54) is 6.33 Å². The second-order valence-electron chi connectivity index (χ2n) is 5.65. The number of hydrogen-bond acceptors (Lipinski definition) is 5. The zero-order valence-electron chi connectivity index (χ0n) is 12.6. The van der Waals surface area contributed by atoms with Crippen LogP contribution in [0.3, 0.4) is 0 Å². The highest BCUT2D eigenvalue weighted by molar-refractivity contribution is 8.04. The maximum absolute atomic E-state index is 12.8. The lowest BCUT2D eigenvalue weighted by atomic mass is 9.90. The summed E-state index contributed by atoms with van der Waals surface area (Å²) >= 11 is 6.62. The number of rotatable bonds is 6. The van der Waals surface area contributed by atoms with Crippen LogP contribution in [0.5, 0.6) is 0 Å². The maximum Gasteiger partial charge on any atom is 0.156 e. The van der Waals surface area contributed by atoms with Crippen molar-refractivity contribution < 1.29 is 9.66 Å². The van der Waals surface area contributed by atoms with Crippen LogP contribution in [-0.2, 0) is 23.3 Å². The first-order chi connectivity index (χ1) is 11.0. The molecule has 124 valence electrons. The van der Waals surface area contributed by atoms with Gasteiger partial charge < -0.3 is 9.66 Å². The van der Waals surface area contributed by atoms with Crippen molar-refractivity contribution in [3.05, 3.63) is 47.5 Å². The smallest absolute Gasteiger partial charge is 0.156 e. The lowest BCUT2D eigenvalue weighted by Crippen LogP contribution is -2.51. The fraction of sp³-hybridized carbons (Fsp3) is 0.467. The molecule has 0 saturated carbocycles. The van der Waals surface area contributed by atoms with Crippen LogP contribution in [0.2, 0.25) is 5.02 Å². The number of aliphatic hydroxyl groups is 1. The summed E-state index contributed by atoms with van der Waals surface area (Å²) in [4.78, 5) is 3.92. The van der Waals surface area contributed by atoms with Gasteiger partial charge in [-0.3, -0.25) is 0 Å². The molecule has 1 saturated heterocycles. The lowest BCUT2D eigenvalue weighted by molar-refractivity contribution is 0.0141. The van der Waals surface area contributed by atoms with Crippen LogP contribution >= 0.6 is 23.4 Å². The van der Waals surface area contributed by atoms with Gasteiger partial charge in [-0.1, -0.05) is 23.7 Å². The SMILES string of the molecule is CC([S+]([O-])C1CSC1)C(O)(Cn1cncn1)c1ccc(Cl)cc1. The third-order valence-corrected chi connectivity index (χ3v) is 8.20. The van der Waals surface area contributed by atoms with Crippen molar-refractivity contribution in [2.75, 3.05) is 11.5 Å². The molecule has 2 aromatic rings. The maximum atomic E-state index is 12.8. The molecule has 0 bridgehead atoms.